The van der Waals surface area contributed by atoms with Gasteiger partial charge in [-0.25, -0.2) is 0 Å². The Morgan fingerprint density at radius 2 is 1.69 bits per heavy atom. The van der Waals surface area contributed by atoms with Crippen LogP contribution in [-0.2, 0) is 19.5 Å². The second-order valence-electron chi connectivity index (χ2n) is 6.76. The van der Waals surface area contributed by atoms with Gasteiger partial charge in [0.15, 0.2) is 0 Å². The molecule has 7 heteroatoms. The summed E-state index contributed by atoms with van der Waals surface area (Å²) in [6, 6.07) is 19.0. The van der Waals surface area contributed by atoms with Crippen LogP contribution in [0.5, 0.6) is 0 Å². The first-order valence-electron chi connectivity index (χ1n) is 9.10. The second-order valence-corrected chi connectivity index (χ2v) is 7.87. The number of hydrogen-bond acceptors (Lipinski definition) is 5. The molecule has 5 nitrogen and oxygen atoms in total. The largest absolute Gasteiger partial charge is 1.00 e. The Hall–Kier alpha value is -1.96. The predicted molar refractivity (Wildman–Crippen MR) is 107 cm³/mol. The molecule has 0 radical (unpaired) electrons. The van der Waals surface area contributed by atoms with Crippen LogP contribution in [0.1, 0.15) is 36.7 Å². The Bertz CT molecular complexity index is 1010. The summed E-state index contributed by atoms with van der Waals surface area (Å²) in [4.78, 5) is 27.5. The van der Waals surface area contributed by atoms with Crippen molar-refractivity contribution >= 4 is 28.2 Å². The molecule has 0 fully saturated rings. The zero-order chi connectivity index (χ0) is 19.5. The van der Waals surface area contributed by atoms with Crippen LogP contribution in [0.25, 0.3) is 0 Å². The number of aromatic carboxylic acids is 1. The molecule has 0 atom stereocenters. The van der Waals surface area contributed by atoms with Crippen LogP contribution in [0.15, 0.2) is 60.7 Å². The van der Waals surface area contributed by atoms with E-state index in [1.54, 1.807) is 24.3 Å². The van der Waals surface area contributed by atoms with Crippen molar-refractivity contribution in [2.45, 2.75) is 19.5 Å². The predicted octanol–water partition coefficient (Wildman–Crippen LogP) is -0.0738. The number of nitrogens with one attached hydrogen (secondary N) is 1. The van der Waals surface area contributed by atoms with E-state index in [2.05, 4.69) is 22.3 Å². The molecule has 1 aliphatic heterocycles. The standard InChI is InChI=1S/C22H20N2O3S.Na/c25-20(16-9-5-2-6-10-16)23-21-19(22(26)27)17-11-12-24(14-18(17)28-21)13-15-7-3-1-4-8-15;/h1-10H,11-14H2,(H,23,25)(H,26,27);/q;+1/p-1. The minimum absolute atomic E-state index is 0. The first kappa shape index (κ1) is 21.7. The molecular formula is C22H19N2NaO3S. The van der Waals surface area contributed by atoms with Crippen LogP contribution >= 0.6 is 11.3 Å². The van der Waals surface area contributed by atoms with Crippen LogP contribution in [0.3, 0.4) is 0 Å². The summed E-state index contributed by atoms with van der Waals surface area (Å²) in [5.74, 6) is -1.56. The van der Waals surface area contributed by atoms with Gasteiger partial charge in [-0.05, 0) is 29.7 Å². The van der Waals surface area contributed by atoms with E-state index in [-0.39, 0.29) is 41.0 Å². The minimum Gasteiger partial charge on any atom is -0.545 e. The van der Waals surface area contributed by atoms with Gasteiger partial charge in [0, 0.05) is 35.6 Å². The van der Waals surface area contributed by atoms with Crippen LogP contribution in [0.2, 0.25) is 0 Å². The maximum atomic E-state index is 12.5. The monoisotopic (exact) mass is 414 g/mol. The Labute approximate surface area is 195 Å². The molecule has 0 bridgehead atoms. The first-order chi connectivity index (χ1) is 13.6. The van der Waals surface area contributed by atoms with Gasteiger partial charge in [0.1, 0.15) is 5.00 Å². The molecule has 1 amide bonds. The molecular weight excluding hydrogens is 395 g/mol. The molecule has 29 heavy (non-hydrogen) atoms. The third-order valence-corrected chi connectivity index (χ3v) is 5.98. The zero-order valence-corrected chi connectivity index (χ0v) is 19.0. The van der Waals surface area contributed by atoms with E-state index < -0.39 is 5.97 Å². The zero-order valence-electron chi connectivity index (χ0n) is 16.2. The van der Waals surface area contributed by atoms with Crippen molar-refractivity contribution in [1.82, 2.24) is 4.90 Å². The smallest absolute Gasteiger partial charge is 0.545 e. The van der Waals surface area contributed by atoms with E-state index in [1.165, 1.54) is 16.9 Å². The topological polar surface area (TPSA) is 72.5 Å². The number of carboxylic acids is 1. The van der Waals surface area contributed by atoms with Gasteiger partial charge < -0.3 is 15.2 Å². The summed E-state index contributed by atoms with van der Waals surface area (Å²) in [5, 5.41) is 14.9. The van der Waals surface area contributed by atoms with Crippen LogP contribution in [0, 0.1) is 0 Å². The Morgan fingerprint density at radius 1 is 1.03 bits per heavy atom. The number of fused-ring (bicyclic) bond motifs is 1. The molecule has 0 saturated heterocycles. The average molecular weight is 414 g/mol. The number of anilines is 1. The summed E-state index contributed by atoms with van der Waals surface area (Å²) in [7, 11) is 0. The molecule has 4 rings (SSSR count). The summed E-state index contributed by atoms with van der Waals surface area (Å²) in [6.45, 7) is 2.24. The molecule has 0 unspecified atom stereocenters. The van der Waals surface area contributed by atoms with Gasteiger partial charge in [-0.2, -0.15) is 0 Å². The molecule has 1 aliphatic rings. The number of benzene rings is 2. The van der Waals surface area contributed by atoms with Gasteiger partial charge >= 0.3 is 29.6 Å². The molecule has 0 saturated carbocycles. The summed E-state index contributed by atoms with van der Waals surface area (Å²) < 4.78 is 0. The van der Waals surface area contributed by atoms with Crippen LogP contribution in [-0.4, -0.2) is 23.3 Å². The minimum atomic E-state index is -1.24. The third-order valence-electron chi connectivity index (χ3n) is 4.85. The number of rotatable bonds is 5. The van der Waals surface area contributed by atoms with E-state index in [0.29, 0.717) is 23.5 Å². The molecule has 2 aromatic carbocycles. The van der Waals surface area contributed by atoms with Gasteiger partial charge in [0.25, 0.3) is 5.91 Å². The van der Waals surface area contributed by atoms with E-state index in [4.69, 9.17) is 0 Å². The molecule has 0 spiro atoms. The van der Waals surface area contributed by atoms with Crippen molar-refractivity contribution in [3.8, 4) is 0 Å². The fraction of sp³-hybridized carbons (Fsp3) is 0.182. The second kappa shape index (κ2) is 9.69. The van der Waals surface area contributed by atoms with Gasteiger partial charge in [-0.3, -0.25) is 9.69 Å². The average Bonchev–Trinajstić information content (AvgIpc) is 3.06. The van der Waals surface area contributed by atoms with Gasteiger partial charge in [0.2, 0.25) is 0 Å². The van der Waals surface area contributed by atoms with E-state index in [0.717, 1.165) is 23.5 Å². The van der Waals surface area contributed by atoms with Gasteiger partial charge in [0.05, 0.1) is 5.97 Å². The van der Waals surface area contributed by atoms with Crippen molar-refractivity contribution in [2.24, 2.45) is 0 Å². The van der Waals surface area contributed by atoms with E-state index in [1.807, 2.05) is 24.3 Å². The number of carbonyl (C=O) groups excluding carboxylic acids is 2. The van der Waals surface area contributed by atoms with Crippen molar-refractivity contribution in [3.63, 3.8) is 0 Å². The van der Waals surface area contributed by atoms with Gasteiger partial charge in [-0.15, -0.1) is 11.3 Å². The van der Waals surface area contributed by atoms with Crippen molar-refractivity contribution in [1.29, 1.82) is 0 Å². The summed E-state index contributed by atoms with van der Waals surface area (Å²) >= 11 is 1.33. The third kappa shape index (κ3) is 4.97. The Balaban J connectivity index is 0.00000240. The van der Waals surface area contributed by atoms with Crippen LogP contribution in [0.4, 0.5) is 5.00 Å². The maximum absolute atomic E-state index is 12.5. The van der Waals surface area contributed by atoms with Crippen molar-refractivity contribution in [2.75, 3.05) is 11.9 Å². The van der Waals surface area contributed by atoms with Crippen molar-refractivity contribution in [3.05, 3.63) is 87.8 Å². The number of hydrogen-bond donors (Lipinski definition) is 1. The van der Waals surface area contributed by atoms with E-state index in [9.17, 15) is 14.7 Å². The maximum Gasteiger partial charge on any atom is 1.00 e. The quantitative estimate of drug-likeness (QED) is 0.593. The number of carboxylic acid groups (broad SMARTS) is 1. The Kier molecular flexibility index (Phi) is 7.27. The summed E-state index contributed by atoms with van der Waals surface area (Å²) in [5.41, 5.74) is 2.63. The van der Waals surface area contributed by atoms with E-state index >= 15 is 0 Å². The summed E-state index contributed by atoms with van der Waals surface area (Å²) in [6.07, 6.45) is 0.628. The molecule has 2 heterocycles. The fourth-order valence-electron chi connectivity index (χ4n) is 3.50. The molecule has 3 aromatic rings. The molecule has 1 aromatic heterocycles. The number of carbonyl (C=O) groups is 2. The van der Waals surface area contributed by atoms with Gasteiger partial charge in [-0.1, -0.05) is 48.5 Å². The molecule has 0 aliphatic carbocycles. The van der Waals surface area contributed by atoms with Crippen molar-refractivity contribution < 1.29 is 44.3 Å². The fourth-order valence-corrected chi connectivity index (χ4v) is 4.77. The first-order valence-corrected chi connectivity index (χ1v) is 9.92. The SMILES string of the molecule is O=C(Nc1sc2c(c1C(=O)[O-])CCN(Cc1ccccc1)C2)c1ccccc1.[Na+]. The van der Waals surface area contributed by atoms with Crippen LogP contribution < -0.4 is 40.0 Å². The Morgan fingerprint density at radius 3 is 2.34 bits per heavy atom. The normalized spacial score (nSPS) is 13.2. The number of thiophene rings is 1. The molecule has 1 N–H and O–H groups in total. The number of amides is 1. The molecule has 142 valence electrons. The number of nitrogens with zero attached hydrogens (tertiary/aromatic N) is 1.